The van der Waals surface area contributed by atoms with Gasteiger partial charge in [0, 0.05) is 20.0 Å². The van der Waals surface area contributed by atoms with E-state index >= 15 is 0 Å². The summed E-state index contributed by atoms with van der Waals surface area (Å²) in [6, 6.07) is 1.75. The molecule has 0 spiro atoms. The Hall–Kier alpha value is -1.29. The lowest BCUT2D eigenvalue weighted by Gasteiger charge is -2.16. The van der Waals surface area contributed by atoms with E-state index in [0.29, 0.717) is 5.56 Å². The molecule has 16 heavy (non-hydrogen) atoms. The van der Waals surface area contributed by atoms with Gasteiger partial charge in [0.25, 0.3) is 5.91 Å². The van der Waals surface area contributed by atoms with Crippen molar-refractivity contribution >= 4 is 5.91 Å². The van der Waals surface area contributed by atoms with E-state index in [-0.39, 0.29) is 5.91 Å². The SMILES string of the molecule is CCc1occc1C(=O)N(C)CCCNC. The molecule has 0 fully saturated rings. The van der Waals surface area contributed by atoms with Gasteiger partial charge in [-0.2, -0.15) is 0 Å². The maximum Gasteiger partial charge on any atom is 0.257 e. The highest BCUT2D eigenvalue weighted by atomic mass is 16.3. The molecule has 90 valence electrons. The molecule has 1 rings (SSSR count). The molecule has 1 N–H and O–H groups in total. The Morgan fingerprint density at radius 1 is 1.56 bits per heavy atom. The van der Waals surface area contributed by atoms with Gasteiger partial charge in [0.2, 0.25) is 0 Å². The van der Waals surface area contributed by atoms with Crippen molar-refractivity contribution in [1.82, 2.24) is 10.2 Å². The monoisotopic (exact) mass is 224 g/mol. The quantitative estimate of drug-likeness (QED) is 0.745. The molecule has 1 heterocycles. The molecular weight excluding hydrogens is 204 g/mol. The van der Waals surface area contributed by atoms with Gasteiger partial charge in [-0.05, 0) is 26.1 Å². The molecule has 0 radical (unpaired) electrons. The highest BCUT2D eigenvalue weighted by molar-refractivity contribution is 5.94. The maximum absolute atomic E-state index is 12.0. The zero-order chi connectivity index (χ0) is 12.0. The lowest BCUT2D eigenvalue weighted by Crippen LogP contribution is -2.29. The van der Waals surface area contributed by atoms with Gasteiger partial charge in [-0.1, -0.05) is 6.92 Å². The summed E-state index contributed by atoms with van der Waals surface area (Å²) >= 11 is 0. The molecule has 0 aromatic carbocycles. The lowest BCUT2D eigenvalue weighted by atomic mass is 10.2. The number of carbonyl (C=O) groups excluding carboxylic acids is 1. The van der Waals surface area contributed by atoms with Gasteiger partial charge in [-0.3, -0.25) is 4.79 Å². The van der Waals surface area contributed by atoms with Crippen molar-refractivity contribution in [3.05, 3.63) is 23.7 Å². The standard InChI is InChI=1S/C12H20N2O2/c1-4-11-10(6-9-16-11)12(15)14(3)8-5-7-13-2/h6,9,13H,4-5,7-8H2,1-3H3. The lowest BCUT2D eigenvalue weighted by molar-refractivity contribution is 0.0791. The number of nitrogens with one attached hydrogen (secondary N) is 1. The summed E-state index contributed by atoms with van der Waals surface area (Å²) in [5.74, 6) is 0.812. The minimum Gasteiger partial charge on any atom is -0.469 e. The number of aryl methyl sites for hydroxylation is 1. The zero-order valence-electron chi connectivity index (χ0n) is 10.2. The molecule has 4 heteroatoms. The van der Waals surface area contributed by atoms with Gasteiger partial charge in [0.05, 0.1) is 11.8 Å². The van der Waals surface area contributed by atoms with Crippen LogP contribution in [0.15, 0.2) is 16.7 Å². The number of amides is 1. The molecule has 0 unspecified atom stereocenters. The summed E-state index contributed by atoms with van der Waals surface area (Å²) in [7, 11) is 3.73. The normalized spacial score (nSPS) is 10.4. The van der Waals surface area contributed by atoms with Crippen LogP contribution in [0.4, 0.5) is 0 Å². The first-order valence-electron chi connectivity index (χ1n) is 5.67. The Labute approximate surface area is 96.6 Å². The third kappa shape index (κ3) is 3.10. The Kier molecular flexibility index (Phi) is 5.05. The van der Waals surface area contributed by atoms with E-state index in [1.807, 2.05) is 21.0 Å². The number of rotatable bonds is 6. The summed E-state index contributed by atoms with van der Waals surface area (Å²) < 4.78 is 5.25. The summed E-state index contributed by atoms with van der Waals surface area (Å²) in [4.78, 5) is 13.8. The van der Waals surface area contributed by atoms with Crippen molar-refractivity contribution in [2.24, 2.45) is 0 Å². The minimum atomic E-state index is 0.0432. The molecule has 0 aliphatic heterocycles. The molecule has 0 saturated heterocycles. The second-order valence-corrected chi connectivity index (χ2v) is 3.79. The van der Waals surface area contributed by atoms with E-state index in [1.165, 1.54) is 0 Å². The van der Waals surface area contributed by atoms with E-state index in [4.69, 9.17) is 4.42 Å². The predicted molar refractivity (Wildman–Crippen MR) is 63.6 cm³/mol. The summed E-state index contributed by atoms with van der Waals surface area (Å²) in [6.07, 6.45) is 3.28. The number of hydrogen-bond acceptors (Lipinski definition) is 3. The van der Waals surface area contributed by atoms with Crippen LogP contribution in [-0.2, 0) is 6.42 Å². The predicted octanol–water partition coefficient (Wildman–Crippen LogP) is 1.52. The second kappa shape index (κ2) is 6.33. The zero-order valence-corrected chi connectivity index (χ0v) is 10.2. The van der Waals surface area contributed by atoms with Crippen LogP contribution in [0.25, 0.3) is 0 Å². The first-order chi connectivity index (χ1) is 7.70. The molecule has 1 aromatic heterocycles. The number of nitrogens with zero attached hydrogens (tertiary/aromatic N) is 1. The molecular formula is C12H20N2O2. The van der Waals surface area contributed by atoms with Crippen LogP contribution in [0.5, 0.6) is 0 Å². The van der Waals surface area contributed by atoms with Crippen LogP contribution in [0.2, 0.25) is 0 Å². The van der Waals surface area contributed by atoms with Crippen LogP contribution in [0, 0.1) is 0 Å². The van der Waals surface area contributed by atoms with Crippen LogP contribution >= 0.6 is 0 Å². The fraction of sp³-hybridized carbons (Fsp3) is 0.583. The van der Waals surface area contributed by atoms with Crippen molar-refractivity contribution in [2.75, 3.05) is 27.2 Å². The van der Waals surface area contributed by atoms with Crippen molar-refractivity contribution in [3.63, 3.8) is 0 Å². The van der Waals surface area contributed by atoms with Gasteiger partial charge < -0.3 is 14.6 Å². The van der Waals surface area contributed by atoms with Crippen LogP contribution in [0.3, 0.4) is 0 Å². The first kappa shape index (κ1) is 12.8. The molecule has 1 aromatic rings. The fourth-order valence-corrected chi connectivity index (χ4v) is 1.61. The molecule has 0 bridgehead atoms. The van der Waals surface area contributed by atoms with Crippen molar-refractivity contribution < 1.29 is 9.21 Å². The fourth-order valence-electron chi connectivity index (χ4n) is 1.61. The highest BCUT2D eigenvalue weighted by Crippen LogP contribution is 2.13. The minimum absolute atomic E-state index is 0.0432. The molecule has 0 atom stereocenters. The van der Waals surface area contributed by atoms with Crippen LogP contribution < -0.4 is 5.32 Å². The summed E-state index contributed by atoms with van der Waals surface area (Å²) in [6.45, 7) is 3.66. The van der Waals surface area contributed by atoms with Gasteiger partial charge in [-0.15, -0.1) is 0 Å². The topological polar surface area (TPSA) is 45.5 Å². The average molecular weight is 224 g/mol. The van der Waals surface area contributed by atoms with Crippen molar-refractivity contribution in [1.29, 1.82) is 0 Å². The smallest absolute Gasteiger partial charge is 0.257 e. The highest BCUT2D eigenvalue weighted by Gasteiger charge is 2.16. The van der Waals surface area contributed by atoms with Crippen molar-refractivity contribution in [2.45, 2.75) is 19.8 Å². The largest absolute Gasteiger partial charge is 0.469 e. The van der Waals surface area contributed by atoms with E-state index in [0.717, 1.165) is 31.7 Å². The Bertz CT molecular complexity index is 334. The molecule has 0 saturated carbocycles. The molecule has 4 nitrogen and oxygen atoms in total. The van der Waals surface area contributed by atoms with Gasteiger partial charge in [0.1, 0.15) is 5.76 Å². The Balaban J connectivity index is 2.56. The average Bonchev–Trinajstić information content (AvgIpc) is 2.76. The third-order valence-electron chi connectivity index (χ3n) is 2.56. The third-order valence-corrected chi connectivity index (χ3v) is 2.56. The van der Waals surface area contributed by atoms with E-state index in [2.05, 4.69) is 5.32 Å². The molecule has 0 aliphatic carbocycles. The van der Waals surface area contributed by atoms with E-state index in [9.17, 15) is 4.79 Å². The van der Waals surface area contributed by atoms with Crippen LogP contribution in [-0.4, -0.2) is 38.0 Å². The molecule has 1 amide bonds. The summed E-state index contributed by atoms with van der Waals surface area (Å²) in [5.41, 5.74) is 0.689. The van der Waals surface area contributed by atoms with Gasteiger partial charge in [0.15, 0.2) is 0 Å². The van der Waals surface area contributed by atoms with Crippen LogP contribution in [0.1, 0.15) is 29.5 Å². The number of carbonyl (C=O) groups is 1. The Morgan fingerprint density at radius 3 is 2.94 bits per heavy atom. The van der Waals surface area contributed by atoms with Gasteiger partial charge >= 0.3 is 0 Å². The van der Waals surface area contributed by atoms with E-state index < -0.39 is 0 Å². The number of furan rings is 1. The number of hydrogen-bond donors (Lipinski definition) is 1. The van der Waals surface area contributed by atoms with Gasteiger partial charge in [-0.25, -0.2) is 0 Å². The maximum atomic E-state index is 12.0. The second-order valence-electron chi connectivity index (χ2n) is 3.79. The first-order valence-corrected chi connectivity index (χ1v) is 5.67. The van der Waals surface area contributed by atoms with Crippen molar-refractivity contribution in [3.8, 4) is 0 Å². The summed E-state index contributed by atoms with van der Waals surface area (Å²) in [5, 5.41) is 3.06. The van der Waals surface area contributed by atoms with E-state index in [1.54, 1.807) is 17.2 Å². The Morgan fingerprint density at radius 2 is 2.31 bits per heavy atom. The molecule has 0 aliphatic rings.